The highest BCUT2D eigenvalue weighted by Gasteiger charge is 2.17. The first kappa shape index (κ1) is 14.0. The lowest BCUT2D eigenvalue weighted by Gasteiger charge is -2.10. The van der Waals surface area contributed by atoms with Gasteiger partial charge in [0, 0.05) is 6.54 Å². The monoisotopic (exact) mass is 279 g/mol. The summed E-state index contributed by atoms with van der Waals surface area (Å²) in [6.07, 6.45) is 1.96. The molecule has 5 nitrogen and oxygen atoms in total. The average molecular weight is 279 g/mol. The van der Waals surface area contributed by atoms with Crippen LogP contribution in [0.25, 0.3) is 0 Å². The summed E-state index contributed by atoms with van der Waals surface area (Å²) in [5, 5.41) is 11.9. The second kappa shape index (κ2) is 6.15. The van der Waals surface area contributed by atoms with Crippen molar-refractivity contribution in [1.82, 2.24) is 10.0 Å². The summed E-state index contributed by atoms with van der Waals surface area (Å²) in [5.74, 6) is 0.559. The van der Waals surface area contributed by atoms with Gasteiger partial charge >= 0.3 is 0 Å². The molecule has 102 valence electrons. The zero-order chi connectivity index (χ0) is 13.7. The van der Waals surface area contributed by atoms with Gasteiger partial charge in [-0.1, -0.05) is 0 Å². The van der Waals surface area contributed by atoms with Crippen molar-refractivity contribution < 1.29 is 8.42 Å². The van der Waals surface area contributed by atoms with Gasteiger partial charge in [0.1, 0.15) is 0 Å². The smallest absolute Gasteiger partial charge is 0.240 e. The van der Waals surface area contributed by atoms with Crippen molar-refractivity contribution >= 4 is 10.0 Å². The van der Waals surface area contributed by atoms with Crippen LogP contribution in [0.3, 0.4) is 0 Å². The predicted molar refractivity (Wildman–Crippen MR) is 71.9 cm³/mol. The molecule has 0 spiro atoms. The van der Waals surface area contributed by atoms with Crippen LogP contribution in [-0.4, -0.2) is 28.1 Å². The van der Waals surface area contributed by atoms with Crippen molar-refractivity contribution in [3.8, 4) is 6.07 Å². The van der Waals surface area contributed by atoms with E-state index in [1.54, 1.807) is 0 Å². The Morgan fingerprint density at radius 3 is 2.68 bits per heavy atom. The van der Waals surface area contributed by atoms with E-state index in [0.29, 0.717) is 18.0 Å². The maximum Gasteiger partial charge on any atom is 0.240 e. The quantitative estimate of drug-likeness (QED) is 0.836. The number of nitrogens with one attached hydrogen (secondary N) is 2. The Morgan fingerprint density at radius 1 is 1.37 bits per heavy atom. The van der Waals surface area contributed by atoms with Crippen LogP contribution in [0.15, 0.2) is 29.2 Å². The zero-order valence-electron chi connectivity index (χ0n) is 10.6. The number of sulfonamides is 1. The molecule has 1 saturated heterocycles. The molecule has 2 N–H and O–H groups in total. The standard InChI is InChI=1S/C13H17N3O2S/c14-9-11-1-3-13(4-2-11)19(17,18)16-8-6-12-5-7-15-10-12/h1-4,12,15-16H,5-8,10H2. The highest BCUT2D eigenvalue weighted by molar-refractivity contribution is 7.89. The van der Waals surface area contributed by atoms with Gasteiger partial charge in [-0.05, 0) is 56.1 Å². The Morgan fingerprint density at radius 2 is 2.11 bits per heavy atom. The van der Waals surface area contributed by atoms with Crippen LogP contribution >= 0.6 is 0 Å². The van der Waals surface area contributed by atoms with Gasteiger partial charge in [-0.15, -0.1) is 0 Å². The molecule has 1 atom stereocenters. The third kappa shape index (κ3) is 3.77. The van der Waals surface area contributed by atoms with Gasteiger partial charge in [0.15, 0.2) is 0 Å². The molecule has 0 aliphatic carbocycles. The molecule has 1 aromatic rings. The van der Waals surface area contributed by atoms with Crippen molar-refractivity contribution in [2.75, 3.05) is 19.6 Å². The Bertz CT molecular complexity index is 555. The summed E-state index contributed by atoms with van der Waals surface area (Å²) < 4.78 is 26.6. The first-order valence-corrected chi connectivity index (χ1v) is 7.81. The predicted octanol–water partition coefficient (Wildman–Crippen LogP) is 0.836. The summed E-state index contributed by atoms with van der Waals surface area (Å²) >= 11 is 0. The lowest BCUT2D eigenvalue weighted by atomic mass is 10.1. The number of rotatable bonds is 5. The van der Waals surface area contributed by atoms with E-state index in [0.717, 1.165) is 25.9 Å². The highest BCUT2D eigenvalue weighted by Crippen LogP contribution is 2.13. The van der Waals surface area contributed by atoms with E-state index in [4.69, 9.17) is 5.26 Å². The molecule has 0 amide bonds. The second-order valence-corrected chi connectivity index (χ2v) is 6.45. The number of hydrogen-bond acceptors (Lipinski definition) is 4. The molecule has 1 aliphatic heterocycles. The summed E-state index contributed by atoms with van der Waals surface area (Å²) in [6, 6.07) is 7.90. The average Bonchev–Trinajstić information content (AvgIpc) is 2.92. The van der Waals surface area contributed by atoms with Crippen LogP contribution in [0.2, 0.25) is 0 Å². The fraction of sp³-hybridized carbons (Fsp3) is 0.462. The molecule has 1 heterocycles. The number of hydrogen-bond donors (Lipinski definition) is 2. The lowest BCUT2D eigenvalue weighted by molar-refractivity contribution is 0.519. The Hall–Kier alpha value is -1.42. The molecule has 0 bridgehead atoms. The maximum atomic E-state index is 12.0. The SMILES string of the molecule is N#Cc1ccc(S(=O)(=O)NCCC2CCNC2)cc1. The van der Waals surface area contributed by atoms with Crippen molar-refractivity contribution in [1.29, 1.82) is 5.26 Å². The van der Waals surface area contributed by atoms with E-state index < -0.39 is 10.0 Å². The summed E-state index contributed by atoms with van der Waals surface area (Å²) in [5.41, 5.74) is 0.455. The largest absolute Gasteiger partial charge is 0.316 e. The molecular formula is C13H17N3O2S. The minimum atomic E-state index is -3.46. The molecule has 19 heavy (non-hydrogen) atoms. The molecule has 6 heteroatoms. The Labute approximate surface area is 113 Å². The molecule has 2 rings (SSSR count). The molecule has 0 radical (unpaired) electrons. The third-order valence-electron chi connectivity index (χ3n) is 3.30. The highest BCUT2D eigenvalue weighted by atomic mass is 32.2. The van der Waals surface area contributed by atoms with Crippen LogP contribution in [0.4, 0.5) is 0 Å². The van der Waals surface area contributed by atoms with Crippen molar-refractivity contribution in [2.24, 2.45) is 5.92 Å². The van der Waals surface area contributed by atoms with E-state index in [-0.39, 0.29) is 4.90 Å². The van der Waals surface area contributed by atoms with Crippen LogP contribution in [0.1, 0.15) is 18.4 Å². The van der Waals surface area contributed by atoms with Crippen LogP contribution in [0.5, 0.6) is 0 Å². The second-order valence-electron chi connectivity index (χ2n) is 4.68. The van der Waals surface area contributed by atoms with Gasteiger partial charge < -0.3 is 5.32 Å². The lowest BCUT2D eigenvalue weighted by Crippen LogP contribution is -2.26. The van der Waals surface area contributed by atoms with Crippen LogP contribution < -0.4 is 10.0 Å². The van der Waals surface area contributed by atoms with E-state index in [1.807, 2.05) is 6.07 Å². The summed E-state index contributed by atoms with van der Waals surface area (Å²) in [4.78, 5) is 0.205. The molecule has 1 unspecified atom stereocenters. The normalized spacial score (nSPS) is 19.2. The topological polar surface area (TPSA) is 82.0 Å². The number of nitrogens with zero attached hydrogens (tertiary/aromatic N) is 1. The molecule has 1 aliphatic rings. The van der Waals surface area contributed by atoms with Crippen LogP contribution in [0, 0.1) is 17.2 Å². The van der Waals surface area contributed by atoms with E-state index in [1.165, 1.54) is 24.3 Å². The minimum Gasteiger partial charge on any atom is -0.316 e. The number of nitriles is 1. The fourth-order valence-corrected chi connectivity index (χ4v) is 3.20. The first-order chi connectivity index (χ1) is 9.12. The molecular weight excluding hydrogens is 262 g/mol. The van der Waals surface area contributed by atoms with Gasteiger partial charge in [-0.3, -0.25) is 0 Å². The van der Waals surface area contributed by atoms with Gasteiger partial charge in [-0.2, -0.15) is 5.26 Å². The van der Waals surface area contributed by atoms with Gasteiger partial charge in [-0.25, -0.2) is 13.1 Å². The van der Waals surface area contributed by atoms with E-state index in [2.05, 4.69) is 10.0 Å². The molecule has 1 fully saturated rings. The first-order valence-electron chi connectivity index (χ1n) is 6.32. The number of benzene rings is 1. The van der Waals surface area contributed by atoms with E-state index in [9.17, 15) is 8.42 Å². The van der Waals surface area contributed by atoms with Crippen molar-refractivity contribution in [3.63, 3.8) is 0 Å². The summed E-state index contributed by atoms with van der Waals surface area (Å²) in [6.45, 7) is 2.44. The molecule has 0 saturated carbocycles. The van der Waals surface area contributed by atoms with Gasteiger partial charge in [0.2, 0.25) is 10.0 Å². The molecule has 1 aromatic carbocycles. The third-order valence-corrected chi connectivity index (χ3v) is 4.78. The van der Waals surface area contributed by atoms with Crippen molar-refractivity contribution in [3.05, 3.63) is 29.8 Å². The van der Waals surface area contributed by atoms with Gasteiger partial charge in [0.25, 0.3) is 0 Å². The summed E-state index contributed by atoms with van der Waals surface area (Å²) in [7, 11) is -3.46. The molecule has 0 aromatic heterocycles. The van der Waals surface area contributed by atoms with Crippen LogP contribution in [-0.2, 0) is 10.0 Å². The van der Waals surface area contributed by atoms with E-state index >= 15 is 0 Å². The minimum absolute atomic E-state index is 0.205. The Kier molecular flexibility index (Phi) is 4.53. The Balaban J connectivity index is 1.91. The fourth-order valence-electron chi connectivity index (χ4n) is 2.15. The van der Waals surface area contributed by atoms with Gasteiger partial charge in [0.05, 0.1) is 16.5 Å². The maximum absolute atomic E-state index is 12.0. The zero-order valence-corrected chi connectivity index (χ0v) is 11.4. The van der Waals surface area contributed by atoms with Crippen molar-refractivity contribution in [2.45, 2.75) is 17.7 Å².